The van der Waals surface area contributed by atoms with Crippen LogP contribution in [-0.4, -0.2) is 12.6 Å². The molecule has 1 heteroatoms. The van der Waals surface area contributed by atoms with Crippen LogP contribution >= 0.6 is 0 Å². The molecule has 0 heterocycles. The first-order valence-electron chi connectivity index (χ1n) is 7.55. The van der Waals surface area contributed by atoms with Crippen LogP contribution in [-0.2, 0) is 0 Å². The van der Waals surface area contributed by atoms with Crippen LogP contribution in [0.4, 0.5) is 0 Å². The fourth-order valence-corrected chi connectivity index (χ4v) is 3.24. The first-order chi connectivity index (χ1) is 7.81. The van der Waals surface area contributed by atoms with Crippen LogP contribution in [0.1, 0.15) is 72.1 Å². The lowest BCUT2D eigenvalue weighted by molar-refractivity contribution is 0.309. The van der Waals surface area contributed by atoms with Gasteiger partial charge in [0.25, 0.3) is 0 Å². The first kappa shape index (κ1) is 14.0. The first-order valence-corrected chi connectivity index (χ1v) is 7.55. The third kappa shape index (κ3) is 4.45. The van der Waals surface area contributed by atoms with Crippen LogP contribution in [0.3, 0.4) is 0 Å². The second-order valence-corrected chi connectivity index (χ2v) is 5.47. The van der Waals surface area contributed by atoms with Gasteiger partial charge in [0.05, 0.1) is 0 Å². The largest absolute Gasteiger partial charge is 0.314 e. The molecule has 0 aliphatic heterocycles. The number of hydrogen-bond acceptors (Lipinski definition) is 1. The highest BCUT2D eigenvalue weighted by Gasteiger charge is 2.24. The Bertz CT molecular complexity index is 157. The van der Waals surface area contributed by atoms with Gasteiger partial charge < -0.3 is 5.32 Å². The fourth-order valence-electron chi connectivity index (χ4n) is 3.24. The second-order valence-electron chi connectivity index (χ2n) is 5.47. The van der Waals surface area contributed by atoms with E-state index < -0.39 is 0 Å². The van der Waals surface area contributed by atoms with E-state index in [1.807, 2.05) is 0 Å². The molecule has 0 amide bonds. The van der Waals surface area contributed by atoms with Gasteiger partial charge in [0.2, 0.25) is 0 Å². The molecule has 0 bridgehead atoms. The van der Waals surface area contributed by atoms with Crippen LogP contribution < -0.4 is 5.32 Å². The number of rotatable bonds is 8. The molecule has 1 aliphatic rings. The summed E-state index contributed by atoms with van der Waals surface area (Å²) in [5.74, 6) is 1.94. The third-order valence-corrected chi connectivity index (χ3v) is 4.48. The van der Waals surface area contributed by atoms with Crippen molar-refractivity contribution < 1.29 is 0 Å². The van der Waals surface area contributed by atoms with E-state index in [-0.39, 0.29) is 0 Å². The van der Waals surface area contributed by atoms with Crippen LogP contribution in [0, 0.1) is 11.8 Å². The third-order valence-electron chi connectivity index (χ3n) is 4.48. The number of nitrogens with one attached hydrogen (secondary N) is 1. The minimum Gasteiger partial charge on any atom is -0.314 e. The zero-order chi connectivity index (χ0) is 11.8. The average Bonchev–Trinajstić information content (AvgIpc) is 2.82. The Labute approximate surface area is 102 Å². The molecule has 0 aromatic rings. The summed E-state index contributed by atoms with van der Waals surface area (Å²) >= 11 is 0. The van der Waals surface area contributed by atoms with Crippen molar-refractivity contribution in [2.75, 3.05) is 6.54 Å². The molecule has 0 aromatic heterocycles. The molecule has 96 valence electrons. The van der Waals surface area contributed by atoms with E-state index in [9.17, 15) is 0 Å². The van der Waals surface area contributed by atoms with Gasteiger partial charge in [-0.3, -0.25) is 0 Å². The standard InChI is InChI=1S/C15H31N/c1-4-13(5-2)11-12-15(16-6-3)14-9-7-8-10-14/h13-16H,4-12H2,1-3H3. The highest BCUT2D eigenvalue weighted by molar-refractivity contribution is 4.80. The molecule has 1 N–H and O–H groups in total. The fraction of sp³-hybridized carbons (Fsp3) is 1.00. The van der Waals surface area contributed by atoms with Gasteiger partial charge >= 0.3 is 0 Å². The maximum absolute atomic E-state index is 3.73. The topological polar surface area (TPSA) is 12.0 Å². The molecule has 1 aliphatic carbocycles. The van der Waals surface area contributed by atoms with Gasteiger partial charge in [-0.1, -0.05) is 46.5 Å². The monoisotopic (exact) mass is 225 g/mol. The molecule has 1 rings (SSSR count). The molecule has 1 unspecified atom stereocenters. The zero-order valence-corrected chi connectivity index (χ0v) is 11.6. The van der Waals surface area contributed by atoms with Gasteiger partial charge in [-0.25, -0.2) is 0 Å². The zero-order valence-electron chi connectivity index (χ0n) is 11.6. The highest BCUT2D eigenvalue weighted by atomic mass is 14.9. The summed E-state index contributed by atoms with van der Waals surface area (Å²) in [5.41, 5.74) is 0. The summed E-state index contributed by atoms with van der Waals surface area (Å²) in [6, 6.07) is 0.813. The Morgan fingerprint density at radius 2 is 1.62 bits per heavy atom. The van der Waals surface area contributed by atoms with Crippen LogP contribution in [0.25, 0.3) is 0 Å². The summed E-state index contributed by atoms with van der Waals surface area (Å²) < 4.78 is 0. The molecule has 0 radical (unpaired) electrons. The van der Waals surface area contributed by atoms with E-state index in [0.717, 1.165) is 24.4 Å². The molecule has 1 saturated carbocycles. The van der Waals surface area contributed by atoms with E-state index >= 15 is 0 Å². The second kappa shape index (κ2) is 8.11. The molecular formula is C15H31N. The predicted octanol–water partition coefficient (Wildman–Crippen LogP) is 4.37. The van der Waals surface area contributed by atoms with Gasteiger partial charge in [-0.05, 0) is 44.1 Å². The van der Waals surface area contributed by atoms with E-state index in [2.05, 4.69) is 26.1 Å². The Morgan fingerprint density at radius 1 is 1.00 bits per heavy atom. The van der Waals surface area contributed by atoms with Crippen LogP contribution in [0.15, 0.2) is 0 Å². The van der Waals surface area contributed by atoms with Crippen molar-refractivity contribution in [3.63, 3.8) is 0 Å². The van der Waals surface area contributed by atoms with Crippen molar-refractivity contribution in [2.24, 2.45) is 11.8 Å². The molecule has 1 atom stereocenters. The highest BCUT2D eigenvalue weighted by Crippen LogP contribution is 2.30. The molecular weight excluding hydrogens is 194 g/mol. The summed E-state index contributed by atoms with van der Waals surface area (Å²) in [7, 11) is 0. The minimum absolute atomic E-state index is 0.813. The number of hydrogen-bond donors (Lipinski definition) is 1. The van der Waals surface area contributed by atoms with Gasteiger partial charge in [0.1, 0.15) is 0 Å². The van der Waals surface area contributed by atoms with E-state index in [1.165, 1.54) is 51.4 Å². The molecule has 1 nitrogen and oxygen atoms in total. The van der Waals surface area contributed by atoms with Crippen LogP contribution in [0.2, 0.25) is 0 Å². The molecule has 1 fully saturated rings. The van der Waals surface area contributed by atoms with E-state index in [4.69, 9.17) is 0 Å². The summed E-state index contributed by atoms with van der Waals surface area (Å²) in [4.78, 5) is 0. The Morgan fingerprint density at radius 3 is 2.12 bits per heavy atom. The lowest BCUT2D eigenvalue weighted by Gasteiger charge is -2.26. The van der Waals surface area contributed by atoms with Crippen molar-refractivity contribution in [3.8, 4) is 0 Å². The lowest BCUT2D eigenvalue weighted by Crippen LogP contribution is -2.35. The Kier molecular flexibility index (Phi) is 7.11. The van der Waals surface area contributed by atoms with E-state index in [1.54, 1.807) is 0 Å². The van der Waals surface area contributed by atoms with Gasteiger partial charge in [-0.15, -0.1) is 0 Å². The predicted molar refractivity (Wildman–Crippen MR) is 72.7 cm³/mol. The normalized spacial score (nSPS) is 19.5. The van der Waals surface area contributed by atoms with Crippen LogP contribution in [0.5, 0.6) is 0 Å². The van der Waals surface area contributed by atoms with Crippen molar-refractivity contribution >= 4 is 0 Å². The SMILES string of the molecule is CCNC(CCC(CC)CC)C1CCCC1. The van der Waals surface area contributed by atoms with Gasteiger partial charge in [-0.2, -0.15) is 0 Å². The lowest BCUT2D eigenvalue weighted by atomic mass is 9.89. The molecule has 16 heavy (non-hydrogen) atoms. The Balaban J connectivity index is 2.31. The van der Waals surface area contributed by atoms with Crippen molar-refractivity contribution in [2.45, 2.75) is 78.2 Å². The van der Waals surface area contributed by atoms with E-state index in [0.29, 0.717) is 0 Å². The van der Waals surface area contributed by atoms with Gasteiger partial charge in [0.15, 0.2) is 0 Å². The molecule has 0 saturated heterocycles. The maximum Gasteiger partial charge on any atom is 0.00953 e. The quantitative estimate of drug-likeness (QED) is 0.647. The van der Waals surface area contributed by atoms with Crippen molar-refractivity contribution in [3.05, 3.63) is 0 Å². The summed E-state index contributed by atoms with van der Waals surface area (Å²) in [6.07, 6.45) is 11.4. The average molecular weight is 225 g/mol. The minimum atomic E-state index is 0.813. The van der Waals surface area contributed by atoms with Gasteiger partial charge in [0, 0.05) is 6.04 Å². The molecule has 0 aromatic carbocycles. The smallest absolute Gasteiger partial charge is 0.00953 e. The summed E-state index contributed by atoms with van der Waals surface area (Å²) in [5, 5.41) is 3.73. The molecule has 0 spiro atoms. The van der Waals surface area contributed by atoms with Crippen molar-refractivity contribution in [1.29, 1.82) is 0 Å². The Hall–Kier alpha value is -0.0400. The summed E-state index contributed by atoms with van der Waals surface area (Å²) in [6.45, 7) is 8.07. The maximum atomic E-state index is 3.73. The van der Waals surface area contributed by atoms with Crippen molar-refractivity contribution in [1.82, 2.24) is 5.32 Å².